The predicted octanol–water partition coefficient (Wildman–Crippen LogP) is 1.13. The first-order chi connectivity index (χ1) is 12.0. The molecule has 7 nitrogen and oxygen atoms in total. The molecule has 25 heavy (non-hydrogen) atoms. The molecule has 2 fully saturated rings. The van der Waals surface area contributed by atoms with Gasteiger partial charge in [-0.05, 0) is 66.2 Å². The van der Waals surface area contributed by atoms with E-state index in [4.69, 9.17) is 0 Å². The summed E-state index contributed by atoms with van der Waals surface area (Å²) in [6.45, 7) is 4.29. The van der Waals surface area contributed by atoms with Gasteiger partial charge in [0.1, 0.15) is 6.29 Å². The molecule has 0 bridgehead atoms. The van der Waals surface area contributed by atoms with Crippen LogP contribution in [0.1, 0.15) is 58.3 Å². The molecular weight excluding hydrogens is 316 g/mol. The van der Waals surface area contributed by atoms with E-state index in [0.717, 1.165) is 32.4 Å². The van der Waals surface area contributed by atoms with E-state index >= 15 is 0 Å². The second-order valence-corrected chi connectivity index (χ2v) is 7.87. The van der Waals surface area contributed by atoms with Gasteiger partial charge in [0, 0.05) is 12.1 Å². The number of carbonyl (C=O) groups is 1. The topological polar surface area (TPSA) is 80.5 Å². The molecule has 3 atom stereocenters. The fraction of sp³-hybridized carbons (Fsp3) is 0.944. The van der Waals surface area contributed by atoms with Gasteiger partial charge in [0.2, 0.25) is 0 Å². The highest BCUT2D eigenvalue weighted by Gasteiger charge is 2.26. The second-order valence-electron chi connectivity index (χ2n) is 7.87. The summed E-state index contributed by atoms with van der Waals surface area (Å²) in [5, 5.41) is 16.6. The van der Waals surface area contributed by atoms with Gasteiger partial charge in [0.15, 0.2) is 0 Å². The van der Waals surface area contributed by atoms with Crippen LogP contribution in [0.3, 0.4) is 0 Å². The molecule has 1 aliphatic heterocycles. The van der Waals surface area contributed by atoms with Crippen LogP contribution in [0, 0.1) is 0 Å². The molecule has 5 N–H and O–H groups in total. The minimum absolute atomic E-state index is 0.0734. The van der Waals surface area contributed by atoms with Crippen molar-refractivity contribution in [1.82, 2.24) is 31.5 Å². The third-order valence-electron chi connectivity index (χ3n) is 5.05. The van der Waals surface area contributed by atoms with E-state index in [1.54, 1.807) is 0 Å². The molecule has 1 saturated heterocycles. The minimum Gasteiger partial charge on any atom is -0.335 e. The minimum atomic E-state index is -0.188. The maximum Gasteiger partial charge on any atom is 0.317 e. The van der Waals surface area contributed by atoms with Gasteiger partial charge in [0.05, 0.1) is 6.17 Å². The Hall–Kier alpha value is -0.890. The Balaban J connectivity index is 1.65. The van der Waals surface area contributed by atoms with E-state index in [-0.39, 0.29) is 18.5 Å². The third-order valence-corrected chi connectivity index (χ3v) is 5.05. The molecule has 0 aromatic heterocycles. The SMILES string of the molecule is CC1CC(NCCCCN(C)C)NC(NC(=O)NC2CCCCC2)N1. The predicted molar refractivity (Wildman–Crippen MR) is 102 cm³/mol. The van der Waals surface area contributed by atoms with Crippen LogP contribution in [0.15, 0.2) is 0 Å². The van der Waals surface area contributed by atoms with Crippen LogP contribution >= 0.6 is 0 Å². The van der Waals surface area contributed by atoms with Gasteiger partial charge in [-0.3, -0.25) is 10.6 Å². The highest BCUT2D eigenvalue weighted by Crippen LogP contribution is 2.17. The van der Waals surface area contributed by atoms with Crippen molar-refractivity contribution in [2.75, 3.05) is 27.2 Å². The van der Waals surface area contributed by atoms with E-state index in [1.165, 1.54) is 32.1 Å². The Morgan fingerprint density at radius 2 is 1.84 bits per heavy atom. The van der Waals surface area contributed by atoms with Crippen molar-refractivity contribution < 1.29 is 4.79 Å². The molecule has 2 amide bonds. The zero-order chi connectivity index (χ0) is 18.1. The van der Waals surface area contributed by atoms with Crippen molar-refractivity contribution in [3.8, 4) is 0 Å². The summed E-state index contributed by atoms with van der Waals surface area (Å²) in [6, 6.07) is 0.622. The van der Waals surface area contributed by atoms with Gasteiger partial charge >= 0.3 is 6.03 Å². The summed E-state index contributed by atoms with van der Waals surface area (Å²) in [5.74, 6) is 0. The normalized spacial score (nSPS) is 28.1. The maximum absolute atomic E-state index is 12.2. The van der Waals surface area contributed by atoms with Crippen molar-refractivity contribution >= 4 is 6.03 Å². The lowest BCUT2D eigenvalue weighted by Crippen LogP contribution is -2.68. The number of hydrogen-bond donors (Lipinski definition) is 5. The monoisotopic (exact) mass is 354 g/mol. The number of nitrogens with one attached hydrogen (secondary N) is 5. The number of hydrogen-bond acceptors (Lipinski definition) is 5. The number of urea groups is 1. The zero-order valence-electron chi connectivity index (χ0n) is 16.2. The molecule has 2 aliphatic rings. The number of carbonyl (C=O) groups excluding carboxylic acids is 1. The molecule has 0 radical (unpaired) electrons. The van der Waals surface area contributed by atoms with Crippen LogP contribution in [0.5, 0.6) is 0 Å². The number of amides is 2. The Labute approximate surface area is 153 Å². The molecule has 0 spiro atoms. The van der Waals surface area contributed by atoms with Crippen LogP contribution in [-0.2, 0) is 0 Å². The summed E-state index contributed by atoms with van der Waals surface area (Å²) >= 11 is 0. The van der Waals surface area contributed by atoms with E-state index in [9.17, 15) is 4.79 Å². The summed E-state index contributed by atoms with van der Waals surface area (Å²) in [5.41, 5.74) is 0. The molecular formula is C18H38N6O. The van der Waals surface area contributed by atoms with E-state index in [1.807, 2.05) is 0 Å². The first-order valence-corrected chi connectivity index (χ1v) is 10.00. The molecule has 1 aliphatic carbocycles. The van der Waals surface area contributed by atoms with Crippen LogP contribution in [-0.4, -0.2) is 62.7 Å². The molecule has 2 rings (SSSR count). The molecule has 3 unspecified atom stereocenters. The van der Waals surface area contributed by atoms with Gasteiger partial charge in [-0.2, -0.15) is 0 Å². The standard InChI is InChI=1S/C18H38N6O/c1-14-13-16(19-11-7-8-12-24(2)3)22-17(20-14)23-18(25)21-15-9-5-4-6-10-15/h14-17,19-20,22H,4-13H2,1-3H3,(H2,21,23,25). The fourth-order valence-corrected chi connectivity index (χ4v) is 3.68. The second kappa shape index (κ2) is 11.0. The largest absolute Gasteiger partial charge is 0.335 e. The van der Waals surface area contributed by atoms with Crippen molar-refractivity contribution in [1.29, 1.82) is 0 Å². The highest BCUT2D eigenvalue weighted by molar-refractivity contribution is 5.74. The van der Waals surface area contributed by atoms with E-state index in [2.05, 4.69) is 52.5 Å². The quantitative estimate of drug-likeness (QED) is 0.422. The van der Waals surface area contributed by atoms with Crippen molar-refractivity contribution in [2.24, 2.45) is 0 Å². The zero-order valence-corrected chi connectivity index (χ0v) is 16.2. The summed E-state index contributed by atoms with van der Waals surface area (Å²) < 4.78 is 0. The Morgan fingerprint density at radius 1 is 1.08 bits per heavy atom. The van der Waals surface area contributed by atoms with Crippen molar-refractivity contribution in [2.45, 2.75) is 82.8 Å². The Kier molecular flexibility index (Phi) is 8.95. The van der Waals surface area contributed by atoms with Gasteiger partial charge in [-0.25, -0.2) is 4.79 Å². The van der Waals surface area contributed by atoms with Gasteiger partial charge in [-0.1, -0.05) is 19.3 Å². The number of rotatable bonds is 8. The summed E-state index contributed by atoms with van der Waals surface area (Å²) in [4.78, 5) is 14.4. The van der Waals surface area contributed by atoms with E-state index in [0.29, 0.717) is 12.1 Å². The van der Waals surface area contributed by atoms with Crippen molar-refractivity contribution in [3.63, 3.8) is 0 Å². The molecule has 1 saturated carbocycles. The highest BCUT2D eigenvalue weighted by atomic mass is 16.2. The van der Waals surface area contributed by atoms with Crippen LogP contribution < -0.4 is 26.6 Å². The lowest BCUT2D eigenvalue weighted by atomic mass is 9.96. The number of unbranched alkanes of at least 4 members (excludes halogenated alkanes) is 1. The Bertz CT molecular complexity index is 386. The lowest BCUT2D eigenvalue weighted by Gasteiger charge is -2.37. The lowest BCUT2D eigenvalue weighted by molar-refractivity contribution is 0.184. The number of nitrogens with zero attached hydrogens (tertiary/aromatic N) is 1. The molecule has 146 valence electrons. The Morgan fingerprint density at radius 3 is 2.56 bits per heavy atom. The van der Waals surface area contributed by atoms with Gasteiger partial charge < -0.3 is 20.9 Å². The third kappa shape index (κ3) is 8.35. The molecule has 0 aromatic rings. The van der Waals surface area contributed by atoms with Crippen molar-refractivity contribution in [3.05, 3.63) is 0 Å². The van der Waals surface area contributed by atoms with E-state index < -0.39 is 0 Å². The van der Waals surface area contributed by atoms with Crippen LogP contribution in [0.25, 0.3) is 0 Å². The average Bonchev–Trinajstić information content (AvgIpc) is 2.54. The smallest absolute Gasteiger partial charge is 0.317 e. The van der Waals surface area contributed by atoms with Gasteiger partial charge in [-0.15, -0.1) is 0 Å². The first-order valence-electron chi connectivity index (χ1n) is 10.00. The fourth-order valence-electron chi connectivity index (χ4n) is 3.68. The summed E-state index contributed by atoms with van der Waals surface area (Å²) in [7, 11) is 4.22. The summed E-state index contributed by atoms with van der Waals surface area (Å²) in [6.07, 6.45) is 9.37. The van der Waals surface area contributed by atoms with Crippen LogP contribution in [0.4, 0.5) is 4.79 Å². The molecule has 0 aromatic carbocycles. The van der Waals surface area contributed by atoms with Crippen LogP contribution in [0.2, 0.25) is 0 Å². The first kappa shape index (κ1) is 20.4. The molecule has 7 heteroatoms. The average molecular weight is 355 g/mol. The maximum atomic E-state index is 12.2. The van der Waals surface area contributed by atoms with Gasteiger partial charge in [0.25, 0.3) is 0 Å². The molecule has 1 heterocycles.